The molecule has 13 nitrogen and oxygen atoms in total. The summed E-state index contributed by atoms with van der Waals surface area (Å²) in [5, 5.41) is 13.4. The van der Waals surface area contributed by atoms with Crippen LogP contribution in [-0.2, 0) is 25.7 Å². The molecule has 65 heavy (non-hydrogen) atoms. The van der Waals surface area contributed by atoms with Crippen LogP contribution in [0, 0.1) is 23.1 Å². The number of nitrogens with one attached hydrogen (secondary N) is 4. The van der Waals surface area contributed by atoms with Crippen LogP contribution in [0.15, 0.2) is 58.2 Å². The fourth-order valence-corrected chi connectivity index (χ4v) is 10.5. The summed E-state index contributed by atoms with van der Waals surface area (Å²) >= 11 is 2.18. The minimum Gasteiger partial charge on any atom is -0.380 e. The maximum atomic E-state index is 14.8. The molecule has 4 unspecified atom stereocenters. The molecule has 4 aliphatic rings. The summed E-state index contributed by atoms with van der Waals surface area (Å²) in [5.74, 6) is 0.654. The topological polar surface area (TPSA) is 157 Å². The SMILES string of the molecule is C=N/C=C(/C=C\C=O)C(CC)C(C)C.CC.CN=CNCNC1C=CC(SC2CCN(C3CC4(C3)CN(c3cc(C=O)c(COC)cc3F)C4)CC2)CC1.CNC(=O)C(CCC=O)NC. The summed E-state index contributed by atoms with van der Waals surface area (Å²) in [7, 11) is 6.60. The molecule has 2 saturated heterocycles. The van der Waals surface area contributed by atoms with Crippen molar-refractivity contribution in [2.24, 2.45) is 27.2 Å². The first-order valence-electron chi connectivity index (χ1n) is 23.5. The van der Waals surface area contributed by atoms with Crippen LogP contribution in [0.1, 0.15) is 108 Å². The Kier molecular flexibility index (Phi) is 28.0. The van der Waals surface area contributed by atoms with Gasteiger partial charge in [0.2, 0.25) is 5.91 Å². The van der Waals surface area contributed by atoms with E-state index in [2.05, 4.69) is 92.5 Å². The fourth-order valence-electron chi connectivity index (χ4n) is 9.10. The number of piperidine rings is 1. The molecular formula is C50H81FN8O5S. The van der Waals surface area contributed by atoms with Gasteiger partial charge in [0, 0.05) is 80.5 Å². The van der Waals surface area contributed by atoms with E-state index in [0.29, 0.717) is 64.2 Å². The molecule has 2 aliphatic heterocycles. The van der Waals surface area contributed by atoms with Crippen molar-refractivity contribution in [1.82, 2.24) is 26.2 Å². The smallest absolute Gasteiger partial charge is 0.236 e. The lowest BCUT2D eigenvalue weighted by Crippen LogP contribution is -2.67. The number of nitrogens with zero attached hydrogens (tertiary/aromatic N) is 4. The highest BCUT2D eigenvalue weighted by Crippen LogP contribution is 2.52. The summed E-state index contributed by atoms with van der Waals surface area (Å²) in [6.45, 7) is 19.1. The van der Waals surface area contributed by atoms with Gasteiger partial charge in [-0.1, -0.05) is 52.8 Å². The third kappa shape index (κ3) is 18.6. The van der Waals surface area contributed by atoms with Gasteiger partial charge in [-0.25, -0.2) is 4.39 Å². The minimum absolute atomic E-state index is 0.0747. The number of aldehydes is 3. The van der Waals surface area contributed by atoms with Crippen molar-refractivity contribution < 1.29 is 28.3 Å². The zero-order valence-electron chi connectivity index (χ0n) is 40.8. The van der Waals surface area contributed by atoms with Crippen LogP contribution in [0.5, 0.6) is 0 Å². The number of likely N-dealkylation sites (N-methyl/N-ethyl adjacent to an activating group) is 2. The molecule has 0 radical (unpaired) electrons. The summed E-state index contributed by atoms with van der Waals surface area (Å²) in [6.07, 6.45) is 23.4. The molecule has 1 saturated carbocycles. The Hall–Kier alpha value is -4.02. The highest BCUT2D eigenvalue weighted by Gasteiger charge is 2.54. The number of allylic oxidation sites excluding steroid dienone is 3. The molecule has 1 aromatic carbocycles. The second-order valence-corrected chi connectivity index (χ2v) is 18.7. The molecule has 4 N–H and O–H groups in total. The van der Waals surface area contributed by atoms with E-state index in [9.17, 15) is 23.6 Å². The number of carbonyl (C=O) groups excluding carboxylic acids is 4. The molecule has 364 valence electrons. The molecule has 1 aromatic rings. The van der Waals surface area contributed by atoms with Crippen molar-refractivity contribution in [3.05, 3.63) is 65.2 Å². The van der Waals surface area contributed by atoms with Crippen molar-refractivity contribution in [3.63, 3.8) is 0 Å². The average Bonchev–Trinajstić information content (AvgIpc) is 3.29. The molecule has 3 fully saturated rings. The van der Waals surface area contributed by atoms with Gasteiger partial charge in [-0.05, 0) is 119 Å². The predicted octanol–water partition coefficient (Wildman–Crippen LogP) is 7.17. The number of ether oxygens (including phenoxy) is 1. The normalized spacial score (nSPS) is 20.5. The maximum absolute atomic E-state index is 14.8. The summed E-state index contributed by atoms with van der Waals surface area (Å²) < 4.78 is 19.9. The molecule has 1 amide bonds. The van der Waals surface area contributed by atoms with E-state index in [1.807, 2.05) is 19.9 Å². The Balaban J connectivity index is 0.000000443. The van der Waals surface area contributed by atoms with E-state index in [1.54, 1.807) is 46.9 Å². The Bertz CT molecular complexity index is 1700. The van der Waals surface area contributed by atoms with Crippen molar-refractivity contribution in [2.45, 2.75) is 128 Å². The number of likely N-dealkylation sites (tertiary alicyclic amines) is 1. The standard InChI is InChI=1S/C29H42FN5O2S.C12H19NO.C7H14N2O2.C2H6/c1-31-19-32-20-33-23-3-5-25(6-4-23)38-26-7-9-34(10-8-26)24-13-29(14-24)17-35(18-29)28-12-21(15-36)22(16-37-2)11-27(28)30;1-5-12(10(2)3)11(9-13-4)7-6-8-14;1-8-6(4-3-5-10)7(11)9-2;1-2/h3,5,11-12,15,19,23-26,33H,4,6-10,13-14,16-18,20H2,1-2H3,(H,31,32);6-10,12H,4-5H2,1-3H3;5-6,8H,3-4H2,1-2H3,(H,9,11);1-2H3/b;7-6-,11-9-;;. The molecule has 1 spiro atoms. The van der Waals surface area contributed by atoms with Crippen LogP contribution in [0.4, 0.5) is 10.1 Å². The largest absolute Gasteiger partial charge is 0.380 e. The van der Waals surface area contributed by atoms with Crippen molar-refractivity contribution in [2.75, 3.05) is 66.0 Å². The van der Waals surface area contributed by atoms with Crippen molar-refractivity contribution in [1.29, 1.82) is 0 Å². The van der Waals surface area contributed by atoms with E-state index in [-0.39, 0.29) is 24.4 Å². The van der Waals surface area contributed by atoms with E-state index >= 15 is 0 Å². The van der Waals surface area contributed by atoms with Gasteiger partial charge < -0.3 is 35.3 Å². The van der Waals surface area contributed by atoms with Crippen LogP contribution in [0.2, 0.25) is 0 Å². The first-order valence-corrected chi connectivity index (χ1v) is 24.5. The highest BCUT2D eigenvalue weighted by molar-refractivity contribution is 8.00. The number of hydrogen-bond donors (Lipinski definition) is 4. The maximum Gasteiger partial charge on any atom is 0.236 e. The van der Waals surface area contributed by atoms with Crippen molar-refractivity contribution in [3.8, 4) is 0 Å². The van der Waals surface area contributed by atoms with Crippen LogP contribution in [-0.4, -0.2) is 132 Å². The van der Waals surface area contributed by atoms with Gasteiger partial charge in [-0.15, -0.1) is 0 Å². The third-order valence-electron chi connectivity index (χ3n) is 12.5. The van der Waals surface area contributed by atoms with Crippen LogP contribution >= 0.6 is 11.8 Å². The predicted molar refractivity (Wildman–Crippen MR) is 269 cm³/mol. The zero-order valence-corrected chi connectivity index (χ0v) is 41.6. The molecule has 0 bridgehead atoms. The fraction of sp³-hybridized carbons (Fsp3) is 0.640. The van der Waals surface area contributed by atoms with Gasteiger partial charge in [-0.2, -0.15) is 11.8 Å². The second-order valence-electron chi connectivity index (χ2n) is 17.2. The molecule has 15 heteroatoms. The molecule has 5 rings (SSSR count). The molecule has 4 atom stereocenters. The number of carbonyl (C=O) groups is 4. The van der Waals surface area contributed by atoms with Gasteiger partial charge in [0.05, 0.1) is 31.3 Å². The minimum atomic E-state index is -0.258. The van der Waals surface area contributed by atoms with Gasteiger partial charge in [0.1, 0.15) is 24.7 Å². The zero-order chi connectivity index (χ0) is 48.2. The Morgan fingerprint density at radius 3 is 2.31 bits per heavy atom. The van der Waals surface area contributed by atoms with E-state index in [1.165, 1.54) is 63.8 Å². The van der Waals surface area contributed by atoms with E-state index in [0.717, 1.165) is 55.9 Å². The number of rotatable bonds is 22. The van der Waals surface area contributed by atoms with Gasteiger partial charge in [0.15, 0.2) is 0 Å². The number of thioether (sulfide) groups is 1. The number of anilines is 1. The quantitative estimate of drug-likeness (QED) is 0.0137. The van der Waals surface area contributed by atoms with Crippen LogP contribution in [0.3, 0.4) is 0 Å². The number of halogens is 1. The molecule has 0 aromatic heterocycles. The second kappa shape index (κ2) is 31.8. The lowest BCUT2D eigenvalue weighted by Gasteiger charge is -2.62. The Morgan fingerprint density at radius 2 is 1.78 bits per heavy atom. The monoisotopic (exact) mass is 925 g/mol. The Labute approximate surface area is 394 Å². The van der Waals surface area contributed by atoms with E-state index < -0.39 is 0 Å². The van der Waals surface area contributed by atoms with Crippen LogP contribution in [0.25, 0.3) is 0 Å². The first kappa shape index (κ1) is 57.1. The lowest BCUT2D eigenvalue weighted by molar-refractivity contribution is -0.122. The average molecular weight is 925 g/mol. The molecular weight excluding hydrogens is 844 g/mol. The van der Waals surface area contributed by atoms with Gasteiger partial charge >= 0.3 is 0 Å². The first-order chi connectivity index (χ1) is 31.4. The number of aliphatic imine (C=N–C) groups is 2. The molecule has 2 aliphatic carbocycles. The van der Waals surface area contributed by atoms with Crippen molar-refractivity contribution >= 4 is 55.3 Å². The van der Waals surface area contributed by atoms with Gasteiger partial charge in [0.25, 0.3) is 0 Å². The number of hydrogen-bond acceptors (Lipinski definition) is 12. The number of benzene rings is 1. The summed E-state index contributed by atoms with van der Waals surface area (Å²) in [6, 6.07) is 4.04. The highest BCUT2D eigenvalue weighted by atomic mass is 32.2. The lowest BCUT2D eigenvalue weighted by atomic mass is 9.60. The summed E-state index contributed by atoms with van der Waals surface area (Å²) in [4.78, 5) is 55.2. The van der Waals surface area contributed by atoms with Crippen LogP contribution < -0.4 is 26.2 Å². The van der Waals surface area contributed by atoms with E-state index in [4.69, 9.17) is 4.74 Å². The van der Waals surface area contributed by atoms with Gasteiger partial charge in [-0.3, -0.25) is 29.7 Å². The Morgan fingerprint density at radius 1 is 1.08 bits per heavy atom. The third-order valence-corrected chi connectivity index (χ3v) is 14.1. The summed E-state index contributed by atoms with van der Waals surface area (Å²) in [5.41, 5.74) is 3.08. The number of methoxy groups -OCH3 is 1. The number of amides is 1. The molecule has 2 heterocycles.